The molecular formula is C13H18O4. The number of hydrogen-bond donors (Lipinski definition) is 1. The first-order valence-corrected chi connectivity index (χ1v) is 5.94. The van der Waals surface area contributed by atoms with Crippen molar-refractivity contribution in [2.45, 2.75) is 25.7 Å². The van der Waals surface area contributed by atoms with Crippen LogP contribution in [0.4, 0.5) is 0 Å². The van der Waals surface area contributed by atoms with Crippen molar-refractivity contribution in [2.24, 2.45) is 0 Å². The fourth-order valence-corrected chi connectivity index (χ4v) is 1.75. The minimum absolute atomic E-state index is 0.0426. The molecule has 1 aliphatic rings. The molecule has 1 aliphatic heterocycles. The third-order valence-electron chi connectivity index (χ3n) is 2.62. The lowest BCUT2D eigenvalue weighted by molar-refractivity contribution is -0.0492. The first-order chi connectivity index (χ1) is 8.38. The monoisotopic (exact) mass is 238 g/mol. The van der Waals surface area contributed by atoms with Gasteiger partial charge in [-0.2, -0.15) is 0 Å². The van der Waals surface area contributed by atoms with E-state index in [0.29, 0.717) is 19.8 Å². The van der Waals surface area contributed by atoms with Crippen molar-refractivity contribution in [3.05, 3.63) is 29.8 Å². The predicted molar refractivity (Wildman–Crippen MR) is 62.8 cm³/mol. The van der Waals surface area contributed by atoms with Gasteiger partial charge in [0.15, 0.2) is 6.29 Å². The number of hydrogen-bond acceptors (Lipinski definition) is 4. The third-order valence-corrected chi connectivity index (χ3v) is 2.62. The summed E-state index contributed by atoms with van der Waals surface area (Å²) < 4.78 is 16.2. The van der Waals surface area contributed by atoms with Gasteiger partial charge in [-0.15, -0.1) is 0 Å². The van der Waals surface area contributed by atoms with Crippen molar-refractivity contribution in [2.75, 3.05) is 19.8 Å². The van der Waals surface area contributed by atoms with E-state index < -0.39 is 0 Å². The molecule has 0 bridgehead atoms. The second-order valence-electron chi connectivity index (χ2n) is 3.97. The van der Waals surface area contributed by atoms with Gasteiger partial charge in [-0.1, -0.05) is 12.1 Å². The Balaban J connectivity index is 1.66. The van der Waals surface area contributed by atoms with Gasteiger partial charge in [0.1, 0.15) is 5.75 Å². The number of rotatable bonds is 6. The molecule has 0 amide bonds. The van der Waals surface area contributed by atoms with Gasteiger partial charge in [-0.25, -0.2) is 0 Å². The fourth-order valence-electron chi connectivity index (χ4n) is 1.75. The minimum atomic E-state index is -0.0534. The van der Waals surface area contributed by atoms with Crippen LogP contribution in [0.5, 0.6) is 5.75 Å². The topological polar surface area (TPSA) is 47.9 Å². The zero-order valence-electron chi connectivity index (χ0n) is 9.80. The summed E-state index contributed by atoms with van der Waals surface area (Å²) in [5.41, 5.74) is 0.866. The molecule has 0 aliphatic carbocycles. The average molecular weight is 238 g/mol. The summed E-state index contributed by atoms with van der Waals surface area (Å²) in [6.07, 6.45) is 1.70. The number of aliphatic hydroxyl groups excluding tert-OH is 1. The second kappa shape index (κ2) is 6.59. The van der Waals surface area contributed by atoms with Crippen LogP contribution in [0.25, 0.3) is 0 Å². The molecule has 4 heteroatoms. The van der Waals surface area contributed by atoms with Crippen molar-refractivity contribution >= 4 is 0 Å². The highest BCUT2D eigenvalue weighted by Gasteiger charge is 2.14. The molecule has 1 aromatic carbocycles. The second-order valence-corrected chi connectivity index (χ2v) is 3.97. The summed E-state index contributed by atoms with van der Waals surface area (Å²) in [6, 6.07) is 7.49. The third kappa shape index (κ3) is 4.00. The summed E-state index contributed by atoms with van der Waals surface area (Å²) in [5, 5.41) is 8.99. The van der Waals surface area contributed by atoms with E-state index in [1.807, 2.05) is 24.3 Å². The van der Waals surface area contributed by atoms with E-state index in [1.54, 1.807) is 0 Å². The Morgan fingerprint density at radius 2 is 2.12 bits per heavy atom. The fraction of sp³-hybridized carbons (Fsp3) is 0.538. The van der Waals surface area contributed by atoms with Gasteiger partial charge >= 0.3 is 0 Å². The molecule has 0 saturated carbocycles. The Labute approximate surface area is 101 Å². The van der Waals surface area contributed by atoms with Crippen molar-refractivity contribution in [1.29, 1.82) is 0 Å². The first kappa shape index (κ1) is 12.4. The molecule has 2 rings (SSSR count). The molecule has 0 aromatic heterocycles. The van der Waals surface area contributed by atoms with Crippen molar-refractivity contribution in [1.82, 2.24) is 0 Å². The van der Waals surface area contributed by atoms with E-state index in [4.69, 9.17) is 19.3 Å². The standard InChI is InChI=1S/C13H18O4/c14-10-11-3-1-4-12(9-11)15-6-2-5-13-16-7-8-17-13/h1,3-4,9,13-14H,2,5-8,10H2. The molecule has 1 saturated heterocycles. The number of ether oxygens (including phenoxy) is 3. The largest absolute Gasteiger partial charge is 0.494 e. The highest BCUT2D eigenvalue weighted by Crippen LogP contribution is 2.15. The Bertz CT molecular complexity index is 334. The maximum Gasteiger partial charge on any atom is 0.157 e. The lowest BCUT2D eigenvalue weighted by atomic mass is 10.2. The zero-order chi connectivity index (χ0) is 11.9. The molecule has 1 fully saturated rings. The van der Waals surface area contributed by atoms with Gasteiger partial charge in [-0.05, 0) is 24.1 Å². The highest BCUT2D eigenvalue weighted by molar-refractivity contribution is 5.27. The van der Waals surface area contributed by atoms with Gasteiger partial charge in [0, 0.05) is 6.42 Å². The summed E-state index contributed by atoms with van der Waals surface area (Å²) in [4.78, 5) is 0. The van der Waals surface area contributed by atoms with Crippen LogP contribution in [-0.2, 0) is 16.1 Å². The molecule has 4 nitrogen and oxygen atoms in total. The smallest absolute Gasteiger partial charge is 0.157 e. The van der Waals surface area contributed by atoms with E-state index in [1.165, 1.54) is 0 Å². The van der Waals surface area contributed by atoms with Gasteiger partial charge < -0.3 is 19.3 Å². The zero-order valence-corrected chi connectivity index (χ0v) is 9.80. The maximum absolute atomic E-state index is 8.99. The van der Waals surface area contributed by atoms with Crippen LogP contribution in [0.3, 0.4) is 0 Å². The summed E-state index contributed by atoms with van der Waals surface area (Å²) in [7, 11) is 0. The lowest BCUT2D eigenvalue weighted by Crippen LogP contribution is -2.09. The summed E-state index contributed by atoms with van der Waals surface area (Å²) in [6.45, 7) is 2.08. The van der Waals surface area contributed by atoms with Crippen LogP contribution in [-0.4, -0.2) is 31.2 Å². The molecule has 1 N–H and O–H groups in total. The van der Waals surface area contributed by atoms with Crippen LogP contribution in [0, 0.1) is 0 Å². The van der Waals surface area contributed by atoms with Gasteiger partial charge in [0.2, 0.25) is 0 Å². The SMILES string of the molecule is OCc1cccc(OCCCC2OCCO2)c1. The van der Waals surface area contributed by atoms with Crippen LogP contribution in [0.2, 0.25) is 0 Å². The van der Waals surface area contributed by atoms with Gasteiger partial charge in [0.25, 0.3) is 0 Å². The maximum atomic E-state index is 8.99. The average Bonchev–Trinajstić information content (AvgIpc) is 2.88. The van der Waals surface area contributed by atoms with Crippen LogP contribution in [0.15, 0.2) is 24.3 Å². The number of benzene rings is 1. The van der Waals surface area contributed by atoms with Crippen LogP contribution >= 0.6 is 0 Å². The minimum Gasteiger partial charge on any atom is -0.494 e. The predicted octanol–water partition coefficient (Wildman–Crippen LogP) is 1.71. The quantitative estimate of drug-likeness (QED) is 0.766. The molecule has 0 atom stereocenters. The molecule has 0 radical (unpaired) electrons. The molecule has 0 spiro atoms. The van der Waals surface area contributed by atoms with Crippen molar-refractivity contribution in [3.63, 3.8) is 0 Å². The summed E-state index contributed by atoms with van der Waals surface area (Å²) in [5.74, 6) is 0.796. The number of aliphatic hydroxyl groups is 1. The van der Waals surface area contributed by atoms with Crippen molar-refractivity contribution in [3.8, 4) is 5.75 Å². The Hall–Kier alpha value is -1.10. The Morgan fingerprint density at radius 1 is 1.29 bits per heavy atom. The normalized spacial score (nSPS) is 16.3. The molecule has 17 heavy (non-hydrogen) atoms. The first-order valence-electron chi connectivity index (χ1n) is 5.94. The lowest BCUT2D eigenvalue weighted by Gasteiger charge is -2.10. The van der Waals surface area contributed by atoms with Crippen molar-refractivity contribution < 1.29 is 19.3 Å². The molecule has 94 valence electrons. The van der Waals surface area contributed by atoms with E-state index in [-0.39, 0.29) is 12.9 Å². The molecule has 1 heterocycles. The van der Waals surface area contributed by atoms with E-state index in [2.05, 4.69) is 0 Å². The highest BCUT2D eigenvalue weighted by atomic mass is 16.7. The Morgan fingerprint density at radius 3 is 2.88 bits per heavy atom. The van der Waals surface area contributed by atoms with Crippen LogP contribution < -0.4 is 4.74 Å². The molecular weight excluding hydrogens is 220 g/mol. The molecule has 0 unspecified atom stereocenters. The van der Waals surface area contributed by atoms with Gasteiger partial charge in [-0.3, -0.25) is 0 Å². The molecule has 1 aromatic rings. The summed E-state index contributed by atoms with van der Waals surface area (Å²) >= 11 is 0. The van der Waals surface area contributed by atoms with E-state index in [9.17, 15) is 0 Å². The van der Waals surface area contributed by atoms with Crippen LogP contribution in [0.1, 0.15) is 18.4 Å². The Kier molecular flexibility index (Phi) is 4.79. The van der Waals surface area contributed by atoms with E-state index >= 15 is 0 Å². The van der Waals surface area contributed by atoms with Gasteiger partial charge in [0.05, 0.1) is 26.4 Å². The van der Waals surface area contributed by atoms with E-state index in [0.717, 1.165) is 24.2 Å².